The van der Waals surface area contributed by atoms with E-state index in [0.717, 1.165) is 13.1 Å². The SMILES string of the molecule is CCN(CCOC)C(=O)CN1CCN(c2nccc(/C=C3/C(=O)NC(=O)N3C)n2)CC1. The van der Waals surface area contributed by atoms with E-state index in [2.05, 4.69) is 25.1 Å². The highest BCUT2D eigenvalue weighted by molar-refractivity contribution is 6.13. The Kier molecular flexibility index (Phi) is 7.53. The molecule has 4 amide bonds. The Labute approximate surface area is 181 Å². The second-order valence-corrected chi connectivity index (χ2v) is 7.36. The van der Waals surface area contributed by atoms with Crippen LogP contribution in [0.15, 0.2) is 18.0 Å². The van der Waals surface area contributed by atoms with Gasteiger partial charge in [-0.2, -0.15) is 0 Å². The average molecular weight is 431 g/mol. The number of hydrogen-bond donors (Lipinski definition) is 1. The molecule has 2 saturated heterocycles. The summed E-state index contributed by atoms with van der Waals surface area (Å²) in [5.41, 5.74) is 0.790. The van der Waals surface area contributed by atoms with Gasteiger partial charge < -0.3 is 14.5 Å². The number of rotatable bonds is 8. The molecule has 1 aromatic heterocycles. The third-order valence-electron chi connectivity index (χ3n) is 5.38. The zero-order valence-electron chi connectivity index (χ0n) is 18.2. The molecule has 1 N–H and O–H groups in total. The number of nitrogens with zero attached hydrogens (tertiary/aromatic N) is 6. The van der Waals surface area contributed by atoms with E-state index in [1.165, 1.54) is 11.9 Å². The molecule has 0 saturated carbocycles. The molecule has 11 heteroatoms. The summed E-state index contributed by atoms with van der Waals surface area (Å²) in [4.78, 5) is 52.1. The second kappa shape index (κ2) is 10.3. The number of urea groups is 1. The normalized spacial score (nSPS) is 18.6. The highest BCUT2D eigenvalue weighted by Gasteiger charge is 2.30. The van der Waals surface area contributed by atoms with E-state index in [9.17, 15) is 14.4 Å². The summed E-state index contributed by atoms with van der Waals surface area (Å²) in [5, 5.41) is 2.24. The lowest BCUT2D eigenvalue weighted by atomic mass is 10.3. The van der Waals surface area contributed by atoms with Crippen molar-refractivity contribution in [3.63, 3.8) is 0 Å². The summed E-state index contributed by atoms with van der Waals surface area (Å²) >= 11 is 0. The highest BCUT2D eigenvalue weighted by atomic mass is 16.5. The molecule has 0 aromatic carbocycles. The lowest BCUT2D eigenvalue weighted by molar-refractivity contribution is -0.133. The molecule has 2 aliphatic heterocycles. The summed E-state index contributed by atoms with van der Waals surface area (Å²) in [6, 6.07) is 1.23. The first kappa shape index (κ1) is 22.6. The van der Waals surface area contributed by atoms with Crippen LogP contribution in [0.25, 0.3) is 6.08 Å². The molecule has 1 aromatic rings. The molecular formula is C20H29N7O4. The largest absolute Gasteiger partial charge is 0.383 e. The third-order valence-corrected chi connectivity index (χ3v) is 5.38. The zero-order valence-corrected chi connectivity index (χ0v) is 18.2. The van der Waals surface area contributed by atoms with E-state index in [-0.39, 0.29) is 11.6 Å². The smallest absolute Gasteiger partial charge is 0.328 e. The van der Waals surface area contributed by atoms with Crippen LogP contribution < -0.4 is 10.2 Å². The number of hydrogen-bond acceptors (Lipinski definition) is 8. The maximum Gasteiger partial charge on any atom is 0.328 e. The Morgan fingerprint density at radius 1 is 1.29 bits per heavy atom. The van der Waals surface area contributed by atoms with Gasteiger partial charge in [-0.05, 0) is 19.1 Å². The van der Waals surface area contributed by atoms with Crippen LogP contribution in [0.5, 0.6) is 0 Å². The van der Waals surface area contributed by atoms with Crippen molar-refractivity contribution < 1.29 is 19.1 Å². The summed E-state index contributed by atoms with van der Waals surface area (Å²) in [7, 11) is 3.16. The molecule has 0 unspecified atom stereocenters. The fourth-order valence-corrected chi connectivity index (χ4v) is 3.46. The number of ether oxygens (including phenoxy) is 1. The van der Waals surface area contributed by atoms with E-state index in [4.69, 9.17) is 4.74 Å². The van der Waals surface area contributed by atoms with Gasteiger partial charge in [-0.3, -0.25) is 24.7 Å². The molecule has 0 atom stereocenters. The number of anilines is 1. The van der Waals surface area contributed by atoms with Crippen molar-refractivity contribution in [2.45, 2.75) is 6.92 Å². The van der Waals surface area contributed by atoms with E-state index in [1.54, 1.807) is 30.3 Å². The lowest BCUT2D eigenvalue weighted by Gasteiger charge is -2.35. The number of piperazine rings is 1. The molecule has 3 heterocycles. The molecule has 31 heavy (non-hydrogen) atoms. The number of likely N-dealkylation sites (N-methyl/N-ethyl adjacent to an activating group) is 2. The lowest BCUT2D eigenvalue weighted by Crippen LogP contribution is -2.50. The van der Waals surface area contributed by atoms with Gasteiger partial charge in [-0.15, -0.1) is 0 Å². The standard InChI is InChI=1S/C20H29N7O4/c1-4-26(11-12-31-3)17(28)14-25-7-9-27(10-8-25)19-21-6-5-15(22-19)13-16-18(29)23-20(30)24(16)2/h5-6,13H,4,7-12,14H2,1-3H3,(H,23,29,30)/b16-13-. The van der Waals surface area contributed by atoms with E-state index in [1.807, 2.05) is 6.92 Å². The predicted octanol–water partition coefficient (Wildman–Crippen LogP) is -0.384. The first-order valence-electron chi connectivity index (χ1n) is 10.3. The molecular weight excluding hydrogens is 402 g/mol. The van der Waals surface area contributed by atoms with E-state index < -0.39 is 11.9 Å². The summed E-state index contributed by atoms with van der Waals surface area (Å²) in [5.74, 6) is 0.215. The molecule has 3 rings (SSSR count). The Bertz CT molecular complexity index is 852. The fourth-order valence-electron chi connectivity index (χ4n) is 3.46. The third kappa shape index (κ3) is 5.56. The van der Waals surface area contributed by atoms with Crippen molar-refractivity contribution in [3.05, 3.63) is 23.7 Å². The Morgan fingerprint density at radius 3 is 2.65 bits per heavy atom. The number of imide groups is 1. The van der Waals surface area contributed by atoms with Gasteiger partial charge in [0.25, 0.3) is 5.91 Å². The van der Waals surface area contributed by atoms with Gasteiger partial charge in [0.05, 0.1) is 18.8 Å². The van der Waals surface area contributed by atoms with Gasteiger partial charge in [0.2, 0.25) is 11.9 Å². The molecule has 2 fully saturated rings. The van der Waals surface area contributed by atoms with Crippen LogP contribution in [0.1, 0.15) is 12.6 Å². The summed E-state index contributed by atoms with van der Waals surface area (Å²) in [6.45, 7) is 6.97. The minimum Gasteiger partial charge on any atom is -0.383 e. The van der Waals surface area contributed by atoms with E-state index >= 15 is 0 Å². The van der Waals surface area contributed by atoms with Crippen molar-refractivity contribution in [1.82, 2.24) is 30.0 Å². The molecule has 2 aliphatic rings. The van der Waals surface area contributed by atoms with Crippen LogP contribution in [0, 0.1) is 0 Å². The highest BCUT2D eigenvalue weighted by Crippen LogP contribution is 2.16. The van der Waals surface area contributed by atoms with Crippen LogP contribution in [-0.4, -0.2) is 109 Å². The van der Waals surface area contributed by atoms with Crippen molar-refractivity contribution in [1.29, 1.82) is 0 Å². The Balaban J connectivity index is 1.58. The topological polar surface area (TPSA) is 111 Å². The van der Waals surface area contributed by atoms with Crippen molar-refractivity contribution >= 4 is 29.9 Å². The first-order chi connectivity index (χ1) is 14.9. The maximum absolute atomic E-state index is 12.5. The number of nitrogens with one attached hydrogen (secondary N) is 1. The molecule has 168 valence electrons. The minimum atomic E-state index is -0.458. The van der Waals surface area contributed by atoms with Gasteiger partial charge in [0.15, 0.2) is 0 Å². The predicted molar refractivity (Wildman–Crippen MR) is 114 cm³/mol. The van der Waals surface area contributed by atoms with Crippen LogP contribution in [0.4, 0.5) is 10.7 Å². The van der Waals surface area contributed by atoms with Gasteiger partial charge in [-0.1, -0.05) is 0 Å². The zero-order chi connectivity index (χ0) is 22.4. The minimum absolute atomic E-state index is 0.103. The average Bonchev–Trinajstić information content (AvgIpc) is 3.01. The molecule has 0 aliphatic carbocycles. The quantitative estimate of drug-likeness (QED) is 0.438. The van der Waals surface area contributed by atoms with Gasteiger partial charge in [0.1, 0.15) is 5.70 Å². The monoisotopic (exact) mass is 431 g/mol. The number of carbonyl (C=O) groups is 3. The molecule has 0 bridgehead atoms. The van der Waals surface area contributed by atoms with Gasteiger partial charge in [-0.25, -0.2) is 14.8 Å². The second-order valence-electron chi connectivity index (χ2n) is 7.36. The van der Waals surface area contributed by atoms with Crippen molar-refractivity contribution in [3.8, 4) is 0 Å². The van der Waals surface area contributed by atoms with Crippen LogP contribution in [0.2, 0.25) is 0 Å². The Morgan fingerprint density at radius 2 is 2.03 bits per heavy atom. The van der Waals surface area contributed by atoms with Gasteiger partial charge in [0, 0.05) is 59.6 Å². The van der Waals surface area contributed by atoms with E-state index in [0.29, 0.717) is 51.0 Å². The molecule has 0 spiro atoms. The van der Waals surface area contributed by atoms with Crippen molar-refractivity contribution in [2.24, 2.45) is 0 Å². The molecule has 0 radical (unpaired) electrons. The Hall–Kier alpha value is -3.05. The number of methoxy groups -OCH3 is 1. The summed E-state index contributed by atoms with van der Waals surface area (Å²) < 4.78 is 5.07. The van der Waals surface area contributed by atoms with Crippen LogP contribution in [-0.2, 0) is 14.3 Å². The number of aromatic nitrogens is 2. The summed E-state index contributed by atoms with van der Waals surface area (Å²) in [6.07, 6.45) is 3.20. The van der Waals surface area contributed by atoms with Crippen LogP contribution in [0.3, 0.4) is 0 Å². The van der Waals surface area contributed by atoms with Gasteiger partial charge >= 0.3 is 6.03 Å². The first-order valence-corrected chi connectivity index (χ1v) is 10.3. The number of carbonyl (C=O) groups excluding carboxylic acids is 3. The van der Waals surface area contributed by atoms with Crippen molar-refractivity contribution in [2.75, 3.05) is 71.5 Å². The number of amides is 4. The van der Waals surface area contributed by atoms with Crippen LogP contribution >= 0.6 is 0 Å². The molecule has 11 nitrogen and oxygen atoms in total. The fraction of sp³-hybridized carbons (Fsp3) is 0.550. The maximum atomic E-state index is 12.5.